The summed E-state index contributed by atoms with van der Waals surface area (Å²) in [4.78, 5) is 5.46. The van der Waals surface area contributed by atoms with Crippen molar-refractivity contribution >= 4 is 51.3 Å². The van der Waals surface area contributed by atoms with Gasteiger partial charge >= 0.3 is 0 Å². The van der Waals surface area contributed by atoms with E-state index in [0.29, 0.717) is 49.6 Å². The fourth-order valence-corrected chi connectivity index (χ4v) is 5.65. The number of aliphatic imine (C=N–C) groups is 1. The predicted molar refractivity (Wildman–Crippen MR) is 122 cm³/mol. The Morgan fingerprint density at radius 3 is 2.63 bits per heavy atom. The first kappa shape index (κ1) is 24.6. The van der Waals surface area contributed by atoms with E-state index in [0.717, 1.165) is 30.7 Å². The molecule has 0 atom stereocenters. The molecule has 7 nitrogen and oxygen atoms in total. The molecule has 2 heterocycles. The quantitative estimate of drug-likeness (QED) is 0.222. The van der Waals surface area contributed by atoms with Crippen LogP contribution in [-0.4, -0.2) is 58.1 Å². The lowest BCUT2D eigenvalue weighted by Gasteiger charge is -2.25. The van der Waals surface area contributed by atoms with Crippen molar-refractivity contribution < 1.29 is 13.2 Å². The lowest BCUT2D eigenvalue weighted by atomic mass is 10.2. The zero-order valence-corrected chi connectivity index (χ0v) is 20.0. The Hall–Kier alpha value is -0.430. The van der Waals surface area contributed by atoms with Crippen LogP contribution in [0.2, 0.25) is 0 Å². The number of nitrogens with zero attached hydrogens (tertiary/aromatic N) is 2. The zero-order chi connectivity index (χ0) is 18.8. The smallest absolute Gasteiger partial charge is 0.252 e. The molecule has 2 N–H and O–H groups in total. The minimum atomic E-state index is -3.35. The number of halogens is 1. The maximum atomic E-state index is 12.7. The SMILES string of the molecule is CCNC(=NCc1ccc(S(=O)(=O)N2CCCCC2)s1)NCCOCC.I. The first-order valence-electron chi connectivity index (χ1n) is 9.26. The summed E-state index contributed by atoms with van der Waals surface area (Å²) in [7, 11) is -3.35. The summed E-state index contributed by atoms with van der Waals surface area (Å²) in [5, 5.41) is 6.39. The van der Waals surface area contributed by atoms with Gasteiger partial charge in [-0.05, 0) is 38.8 Å². The molecule has 10 heteroatoms. The number of hydrogen-bond donors (Lipinski definition) is 2. The second-order valence-corrected chi connectivity index (χ2v) is 9.34. The first-order chi connectivity index (χ1) is 12.6. The Labute approximate surface area is 184 Å². The maximum Gasteiger partial charge on any atom is 0.252 e. The van der Waals surface area contributed by atoms with Crippen LogP contribution < -0.4 is 10.6 Å². The minimum Gasteiger partial charge on any atom is -0.380 e. The van der Waals surface area contributed by atoms with E-state index in [2.05, 4.69) is 15.6 Å². The molecule has 1 fully saturated rings. The van der Waals surface area contributed by atoms with Gasteiger partial charge in [0.2, 0.25) is 0 Å². The number of guanidine groups is 1. The van der Waals surface area contributed by atoms with Crippen molar-refractivity contribution in [2.24, 2.45) is 4.99 Å². The number of rotatable bonds is 9. The molecule has 1 aromatic rings. The summed E-state index contributed by atoms with van der Waals surface area (Å²) < 4.78 is 32.7. The molecule has 2 rings (SSSR count). The highest BCUT2D eigenvalue weighted by Crippen LogP contribution is 2.27. The molecule has 1 aliphatic heterocycles. The molecule has 0 unspecified atom stereocenters. The molecule has 0 radical (unpaired) electrons. The van der Waals surface area contributed by atoms with E-state index in [9.17, 15) is 8.42 Å². The van der Waals surface area contributed by atoms with Crippen LogP contribution in [0.15, 0.2) is 21.3 Å². The van der Waals surface area contributed by atoms with E-state index >= 15 is 0 Å². The Bertz CT molecular complexity index is 673. The monoisotopic (exact) mass is 530 g/mol. The molecular formula is C17H31IN4O3S2. The maximum absolute atomic E-state index is 12.7. The highest BCUT2D eigenvalue weighted by atomic mass is 127. The highest BCUT2D eigenvalue weighted by Gasteiger charge is 2.27. The van der Waals surface area contributed by atoms with Gasteiger partial charge in [-0.3, -0.25) is 0 Å². The normalized spacial score (nSPS) is 16.0. The van der Waals surface area contributed by atoms with Crippen LogP contribution in [0, 0.1) is 0 Å². The van der Waals surface area contributed by atoms with Crippen LogP contribution in [0.25, 0.3) is 0 Å². The predicted octanol–water partition coefficient (Wildman–Crippen LogP) is 2.63. The Balaban J connectivity index is 0.00000364. The van der Waals surface area contributed by atoms with Gasteiger partial charge in [-0.1, -0.05) is 6.42 Å². The molecule has 0 aromatic carbocycles. The molecule has 0 saturated carbocycles. The van der Waals surface area contributed by atoms with E-state index in [1.54, 1.807) is 10.4 Å². The van der Waals surface area contributed by atoms with Crippen molar-refractivity contribution in [1.29, 1.82) is 0 Å². The summed E-state index contributed by atoms with van der Waals surface area (Å²) in [6.07, 6.45) is 3.00. The second kappa shape index (κ2) is 12.9. The standard InChI is InChI=1S/C17H30N4O3S2.HI/c1-3-18-17(19-10-13-24-4-2)20-14-15-8-9-16(25-15)26(22,23)21-11-6-5-7-12-21;/h8-9H,3-7,10-14H2,1-2H3,(H2,18,19,20);1H. The summed E-state index contributed by atoms with van der Waals surface area (Å²) >= 11 is 1.31. The lowest BCUT2D eigenvalue weighted by Crippen LogP contribution is -2.38. The van der Waals surface area contributed by atoms with Gasteiger partial charge in [0.05, 0.1) is 13.2 Å². The van der Waals surface area contributed by atoms with Crippen LogP contribution in [0.3, 0.4) is 0 Å². The molecule has 0 amide bonds. The van der Waals surface area contributed by atoms with E-state index in [-0.39, 0.29) is 24.0 Å². The molecule has 1 saturated heterocycles. The van der Waals surface area contributed by atoms with Crippen molar-refractivity contribution in [3.8, 4) is 0 Å². The minimum absolute atomic E-state index is 0. The average Bonchev–Trinajstić information content (AvgIpc) is 3.14. The van der Waals surface area contributed by atoms with Crippen molar-refractivity contribution in [2.75, 3.05) is 39.4 Å². The van der Waals surface area contributed by atoms with Crippen molar-refractivity contribution in [1.82, 2.24) is 14.9 Å². The van der Waals surface area contributed by atoms with E-state index in [4.69, 9.17) is 4.74 Å². The summed E-state index contributed by atoms with van der Waals surface area (Å²) in [6.45, 7) is 8.43. The van der Waals surface area contributed by atoms with Gasteiger partial charge in [-0.2, -0.15) is 4.31 Å². The molecule has 0 bridgehead atoms. The van der Waals surface area contributed by atoms with Gasteiger partial charge in [0.15, 0.2) is 5.96 Å². The lowest BCUT2D eigenvalue weighted by molar-refractivity contribution is 0.152. The molecule has 0 aliphatic carbocycles. The summed E-state index contributed by atoms with van der Waals surface area (Å²) in [5.41, 5.74) is 0. The van der Waals surface area contributed by atoms with Gasteiger partial charge in [0.25, 0.3) is 10.0 Å². The fraction of sp³-hybridized carbons (Fsp3) is 0.706. The number of nitrogens with one attached hydrogen (secondary N) is 2. The second-order valence-electron chi connectivity index (χ2n) is 6.00. The first-order valence-corrected chi connectivity index (χ1v) is 11.5. The third-order valence-corrected chi connectivity index (χ3v) is 7.46. The van der Waals surface area contributed by atoms with Crippen molar-refractivity contribution in [3.05, 3.63) is 17.0 Å². The van der Waals surface area contributed by atoms with Crippen LogP contribution in [0.4, 0.5) is 0 Å². The molecule has 1 aromatic heterocycles. The molecule has 27 heavy (non-hydrogen) atoms. The Kier molecular flexibility index (Phi) is 11.8. The fourth-order valence-electron chi connectivity index (χ4n) is 2.70. The number of piperidine rings is 1. The largest absolute Gasteiger partial charge is 0.380 e. The zero-order valence-electron chi connectivity index (χ0n) is 16.1. The highest BCUT2D eigenvalue weighted by molar-refractivity contribution is 14.0. The average molecular weight is 530 g/mol. The number of sulfonamides is 1. The Morgan fingerprint density at radius 2 is 1.96 bits per heavy atom. The van der Waals surface area contributed by atoms with Gasteiger partial charge in [0.1, 0.15) is 4.21 Å². The summed E-state index contributed by atoms with van der Waals surface area (Å²) in [6, 6.07) is 3.56. The van der Waals surface area contributed by atoms with Gasteiger partial charge < -0.3 is 15.4 Å². The molecule has 156 valence electrons. The molecule has 1 aliphatic rings. The number of ether oxygens (including phenoxy) is 1. The van der Waals surface area contributed by atoms with Crippen LogP contribution in [0.5, 0.6) is 0 Å². The van der Waals surface area contributed by atoms with E-state index in [1.165, 1.54) is 11.3 Å². The van der Waals surface area contributed by atoms with Crippen molar-refractivity contribution in [2.45, 2.75) is 43.9 Å². The molecular weight excluding hydrogens is 499 g/mol. The van der Waals surface area contributed by atoms with Gasteiger partial charge in [-0.15, -0.1) is 35.3 Å². The Morgan fingerprint density at radius 1 is 1.22 bits per heavy atom. The topological polar surface area (TPSA) is 83.0 Å². The van der Waals surface area contributed by atoms with Gasteiger partial charge in [0, 0.05) is 37.7 Å². The third-order valence-electron chi connectivity index (χ3n) is 4.03. The van der Waals surface area contributed by atoms with E-state index < -0.39 is 10.0 Å². The van der Waals surface area contributed by atoms with Gasteiger partial charge in [-0.25, -0.2) is 13.4 Å². The third kappa shape index (κ3) is 7.84. The van der Waals surface area contributed by atoms with Crippen LogP contribution in [0.1, 0.15) is 38.0 Å². The number of hydrogen-bond acceptors (Lipinski definition) is 5. The number of thiophene rings is 1. The van der Waals surface area contributed by atoms with Crippen LogP contribution >= 0.6 is 35.3 Å². The molecule has 0 spiro atoms. The van der Waals surface area contributed by atoms with Crippen molar-refractivity contribution in [3.63, 3.8) is 0 Å². The summed E-state index contributed by atoms with van der Waals surface area (Å²) in [5.74, 6) is 0.709. The van der Waals surface area contributed by atoms with Crippen LogP contribution in [-0.2, 0) is 21.3 Å². The van der Waals surface area contributed by atoms with E-state index in [1.807, 2.05) is 19.9 Å².